The molecule has 3 amide bonds. The Balaban J connectivity index is 1.48. The number of phenols is 1. The second kappa shape index (κ2) is 7.95. The molecule has 150 valence electrons. The minimum absolute atomic E-state index is 0.0815. The second-order valence-electron chi connectivity index (χ2n) is 7.62. The highest BCUT2D eigenvalue weighted by Crippen LogP contribution is 2.25. The quantitative estimate of drug-likeness (QED) is 0.744. The first-order valence-corrected chi connectivity index (χ1v) is 9.79. The van der Waals surface area contributed by atoms with Gasteiger partial charge in [0, 0.05) is 18.7 Å². The number of phenolic OH excluding ortho intramolecular Hbond substituents is 1. The zero-order chi connectivity index (χ0) is 20.4. The average Bonchev–Trinajstić information content (AvgIpc) is 2.87. The molecule has 7 heteroatoms. The maximum Gasteiger partial charge on any atom is 0.253 e. The van der Waals surface area contributed by atoms with E-state index in [9.17, 15) is 19.5 Å². The van der Waals surface area contributed by atoms with E-state index in [1.54, 1.807) is 30.3 Å². The monoisotopic (exact) mass is 393 g/mol. The number of anilines is 1. The van der Waals surface area contributed by atoms with Crippen LogP contribution in [-0.2, 0) is 11.2 Å². The van der Waals surface area contributed by atoms with Crippen molar-refractivity contribution < 1.29 is 19.5 Å². The van der Waals surface area contributed by atoms with Gasteiger partial charge in [0.1, 0.15) is 5.75 Å². The van der Waals surface area contributed by atoms with Crippen LogP contribution in [-0.4, -0.2) is 47.4 Å². The van der Waals surface area contributed by atoms with Gasteiger partial charge in [-0.25, -0.2) is 0 Å². The SMILES string of the molecule is O=C1CNC(=O)c2ccc(C(=O)N3CCCC(Cc4ccc(O)cc4)C3)cc2N1. The van der Waals surface area contributed by atoms with Gasteiger partial charge in [0.25, 0.3) is 11.8 Å². The maximum atomic E-state index is 13.1. The zero-order valence-corrected chi connectivity index (χ0v) is 16.0. The van der Waals surface area contributed by atoms with E-state index in [0.29, 0.717) is 35.8 Å². The Morgan fingerprint density at radius 1 is 1.14 bits per heavy atom. The number of nitrogens with one attached hydrogen (secondary N) is 2. The third kappa shape index (κ3) is 4.23. The summed E-state index contributed by atoms with van der Waals surface area (Å²) in [4.78, 5) is 38.7. The molecule has 0 bridgehead atoms. The second-order valence-corrected chi connectivity index (χ2v) is 7.62. The van der Waals surface area contributed by atoms with E-state index in [0.717, 1.165) is 24.8 Å². The van der Waals surface area contributed by atoms with Crippen molar-refractivity contribution in [2.45, 2.75) is 19.3 Å². The number of hydrogen-bond donors (Lipinski definition) is 3. The fourth-order valence-corrected chi connectivity index (χ4v) is 3.99. The molecule has 1 saturated heterocycles. The van der Waals surface area contributed by atoms with E-state index in [2.05, 4.69) is 10.6 Å². The molecule has 0 aromatic heterocycles. The Kier molecular flexibility index (Phi) is 5.20. The van der Waals surface area contributed by atoms with Crippen molar-refractivity contribution >= 4 is 23.4 Å². The van der Waals surface area contributed by atoms with E-state index in [1.807, 2.05) is 17.0 Å². The van der Waals surface area contributed by atoms with Gasteiger partial charge in [-0.15, -0.1) is 0 Å². The van der Waals surface area contributed by atoms with Gasteiger partial charge in [0.15, 0.2) is 0 Å². The third-order valence-electron chi connectivity index (χ3n) is 5.46. The molecule has 4 rings (SSSR count). The van der Waals surface area contributed by atoms with Gasteiger partial charge in [-0.05, 0) is 61.1 Å². The van der Waals surface area contributed by atoms with E-state index < -0.39 is 0 Å². The molecule has 0 aliphatic carbocycles. The van der Waals surface area contributed by atoms with Crippen molar-refractivity contribution in [3.8, 4) is 5.75 Å². The molecule has 0 spiro atoms. The Hall–Kier alpha value is -3.35. The Labute approximate surface area is 168 Å². The molecular weight excluding hydrogens is 370 g/mol. The summed E-state index contributed by atoms with van der Waals surface area (Å²) in [6, 6.07) is 12.0. The Morgan fingerprint density at radius 2 is 1.93 bits per heavy atom. The van der Waals surface area contributed by atoms with Gasteiger partial charge >= 0.3 is 0 Å². The van der Waals surface area contributed by atoms with Gasteiger partial charge in [0.05, 0.1) is 17.8 Å². The highest BCUT2D eigenvalue weighted by atomic mass is 16.3. The Bertz CT molecular complexity index is 955. The molecule has 2 aromatic carbocycles. The normalized spacial score (nSPS) is 19.0. The van der Waals surface area contributed by atoms with Crippen molar-refractivity contribution in [3.63, 3.8) is 0 Å². The van der Waals surface area contributed by atoms with Crippen molar-refractivity contribution in [2.24, 2.45) is 5.92 Å². The van der Waals surface area contributed by atoms with Gasteiger partial charge in [-0.1, -0.05) is 12.1 Å². The molecule has 3 N–H and O–H groups in total. The lowest BCUT2D eigenvalue weighted by Gasteiger charge is -2.33. The molecule has 2 aliphatic rings. The molecule has 0 saturated carbocycles. The number of benzene rings is 2. The van der Waals surface area contributed by atoms with Crippen LogP contribution in [0.3, 0.4) is 0 Å². The van der Waals surface area contributed by atoms with Crippen molar-refractivity contribution in [1.29, 1.82) is 0 Å². The summed E-state index contributed by atoms with van der Waals surface area (Å²) in [5.41, 5.74) is 2.33. The highest BCUT2D eigenvalue weighted by Gasteiger charge is 2.26. The van der Waals surface area contributed by atoms with Crippen molar-refractivity contribution in [2.75, 3.05) is 25.0 Å². The van der Waals surface area contributed by atoms with Crippen LogP contribution < -0.4 is 10.6 Å². The summed E-state index contributed by atoms with van der Waals surface area (Å²) in [7, 11) is 0. The van der Waals surface area contributed by atoms with Crippen LogP contribution in [0.15, 0.2) is 42.5 Å². The molecule has 1 atom stereocenters. The molecular formula is C22H23N3O4. The maximum absolute atomic E-state index is 13.1. The number of nitrogens with zero attached hydrogens (tertiary/aromatic N) is 1. The van der Waals surface area contributed by atoms with Crippen molar-refractivity contribution in [3.05, 3.63) is 59.2 Å². The number of likely N-dealkylation sites (tertiary alicyclic amines) is 1. The molecule has 1 fully saturated rings. The van der Waals surface area contributed by atoms with Gasteiger partial charge in [0.2, 0.25) is 5.91 Å². The van der Waals surface area contributed by atoms with Crippen LogP contribution in [0.1, 0.15) is 39.1 Å². The first kappa shape index (κ1) is 19.0. The lowest BCUT2D eigenvalue weighted by molar-refractivity contribution is -0.115. The van der Waals surface area contributed by atoms with E-state index in [-0.39, 0.29) is 30.0 Å². The standard InChI is InChI=1S/C22H23N3O4/c26-17-6-3-14(4-7-17)10-15-2-1-9-25(13-15)22(29)16-5-8-18-19(11-16)24-20(27)12-23-21(18)28/h3-8,11,15,26H,1-2,9-10,12-13H2,(H,23,28)(H,24,27). The fourth-order valence-electron chi connectivity index (χ4n) is 3.99. The highest BCUT2D eigenvalue weighted by molar-refractivity contribution is 6.09. The van der Waals surface area contributed by atoms with E-state index in [1.165, 1.54) is 0 Å². The van der Waals surface area contributed by atoms with E-state index in [4.69, 9.17) is 0 Å². The van der Waals surface area contributed by atoms with Crippen LogP contribution in [0, 0.1) is 5.92 Å². The number of aromatic hydroxyl groups is 1. The fraction of sp³-hybridized carbons (Fsp3) is 0.318. The summed E-state index contributed by atoms with van der Waals surface area (Å²) in [5, 5.41) is 14.7. The van der Waals surface area contributed by atoms with Crippen LogP contribution in [0.4, 0.5) is 5.69 Å². The lowest BCUT2D eigenvalue weighted by atomic mass is 9.91. The summed E-state index contributed by atoms with van der Waals surface area (Å²) in [6.07, 6.45) is 2.83. The predicted molar refractivity (Wildman–Crippen MR) is 108 cm³/mol. The van der Waals surface area contributed by atoms with Gasteiger partial charge < -0.3 is 20.6 Å². The largest absolute Gasteiger partial charge is 0.508 e. The number of fused-ring (bicyclic) bond motifs is 1. The number of carbonyl (C=O) groups is 3. The van der Waals surface area contributed by atoms with Gasteiger partial charge in [-0.2, -0.15) is 0 Å². The third-order valence-corrected chi connectivity index (χ3v) is 5.46. The van der Waals surface area contributed by atoms with Crippen LogP contribution in [0.5, 0.6) is 5.75 Å². The van der Waals surface area contributed by atoms with Crippen LogP contribution in [0.25, 0.3) is 0 Å². The number of amides is 3. The predicted octanol–water partition coefficient (Wildman–Crippen LogP) is 2.17. The molecule has 2 aliphatic heterocycles. The number of carbonyl (C=O) groups excluding carboxylic acids is 3. The smallest absolute Gasteiger partial charge is 0.253 e. The average molecular weight is 393 g/mol. The first-order valence-electron chi connectivity index (χ1n) is 9.79. The molecule has 2 aromatic rings. The topological polar surface area (TPSA) is 98.7 Å². The van der Waals surface area contributed by atoms with Gasteiger partial charge in [-0.3, -0.25) is 14.4 Å². The van der Waals surface area contributed by atoms with Crippen LogP contribution >= 0.6 is 0 Å². The van der Waals surface area contributed by atoms with E-state index >= 15 is 0 Å². The molecule has 7 nitrogen and oxygen atoms in total. The summed E-state index contributed by atoms with van der Waals surface area (Å²) in [5.74, 6) is -0.137. The molecule has 0 radical (unpaired) electrons. The first-order chi connectivity index (χ1) is 14.0. The minimum Gasteiger partial charge on any atom is -0.508 e. The number of hydrogen-bond acceptors (Lipinski definition) is 4. The molecule has 1 unspecified atom stereocenters. The zero-order valence-electron chi connectivity index (χ0n) is 16.0. The summed E-state index contributed by atoms with van der Waals surface area (Å²) >= 11 is 0. The summed E-state index contributed by atoms with van der Waals surface area (Å²) < 4.78 is 0. The minimum atomic E-state index is -0.329. The lowest BCUT2D eigenvalue weighted by Crippen LogP contribution is -2.40. The number of rotatable bonds is 3. The summed E-state index contributed by atoms with van der Waals surface area (Å²) in [6.45, 7) is 1.26. The Morgan fingerprint density at radius 3 is 2.72 bits per heavy atom. The van der Waals surface area contributed by atoms with Crippen LogP contribution in [0.2, 0.25) is 0 Å². The van der Waals surface area contributed by atoms with Crippen molar-refractivity contribution in [1.82, 2.24) is 10.2 Å². The molecule has 2 heterocycles. The number of piperidine rings is 1. The molecule has 29 heavy (non-hydrogen) atoms.